The van der Waals surface area contributed by atoms with Gasteiger partial charge in [0.15, 0.2) is 0 Å². The lowest BCUT2D eigenvalue weighted by Crippen LogP contribution is -2.48. The number of anilines is 1. The van der Waals surface area contributed by atoms with Crippen LogP contribution >= 0.6 is 0 Å². The molecule has 1 aromatic rings. The van der Waals surface area contributed by atoms with Crippen LogP contribution in [-0.2, 0) is 0 Å². The Kier molecular flexibility index (Phi) is 3.54. The monoisotopic (exact) mass is 286 g/mol. The third-order valence-corrected chi connectivity index (χ3v) is 6.08. The second-order valence-electron chi connectivity index (χ2n) is 7.12. The van der Waals surface area contributed by atoms with Crippen molar-refractivity contribution in [2.75, 3.05) is 37.6 Å². The smallest absolute Gasteiger partial charge is 0.138 e. The van der Waals surface area contributed by atoms with Crippen LogP contribution in [0.5, 0.6) is 5.75 Å². The maximum Gasteiger partial charge on any atom is 0.138 e. The predicted molar refractivity (Wildman–Crippen MR) is 85.7 cm³/mol. The first-order valence-corrected chi connectivity index (χ1v) is 8.56. The first-order chi connectivity index (χ1) is 10.3. The summed E-state index contributed by atoms with van der Waals surface area (Å²) in [5.41, 5.74) is 0.997. The fourth-order valence-electron chi connectivity index (χ4n) is 4.68. The van der Waals surface area contributed by atoms with Crippen molar-refractivity contribution in [2.24, 2.45) is 17.8 Å². The Hall–Kier alpha value is -1.22. The summed E-state index contributed by atoms with van der Waals surface area (Å²) in [7, 11) is 0. The number of hydrogen-bond donors (Lipinski definition) is 1. The van der Waals surface area contributed by atoms with Crippen molar-refractivity contribution in [3.8, 4) is 5.75 Å². The molecule has 4 rings (SSSR count). The number of hydrogen-bond acceptors (Lipinski definition) is 3. The normalized spacial score (nSPS) is 32.8. The maximum absolute atomic E-state index is 9.97. The van der Waals surface area contributed by atoms with Gasteiger partial charge in [-0.3, -0.25) is 4.90 Å². The summed E-state index contributed by atoms with van der Waals surface area (Å²) in [4.78, 5) is 4.98. The number of nitrogens with zero attached hydrogens (tertiary/aromatic N) is 2. The Morgan fingerprint density at radius 3 is 2.38 bits per heavy atom. The van der Waals surface area contributed by atoms with E-state index in [0.717, 1.165) is 49.6 Å². The molecule has 1 heterocycles. The Morgan fingerprint density at radius 1 is 0.952 bits per heavy atom. The van der Waals surface area contributed by atoms with Crippen molar-refractivity contribution in [2.45, 2.75) is 25.7 Å². The molecule has 3 heteroatoms. The van der Waals surface area contributed by atoms with Crippen LogP contribution in [0.15, 0.2) is 24.3 Å². The lowest BCUT2D eigenvalue weighted by molar-refractivity contribution is 0.128. The van der Waals surface area contributed by atoms with Gasteiger partial charge >= 0.3 is 0 Å². The van der Waals surface area contributed by atoms with Gasteiger partial charge in [-0.05, 0) is 55.6 Å². The molecule has 0 radical (unpaired) electrons. The molecule has 1 aliphatic heterocycles. The molecule has 2 saturated carbocycles. The molecule has 0 spiro atoms. The van der Waals surface area contributed by atoms with E-state index in [1.807, 2.05) is 18.2 Å². The number of benzene rings is 1. The van der Waals surface area contributed by atoms with Crippen LogP contribution in [0.4, 0.5) is 5.69 Å². The molecule has 3 nitrogen and oxygen atoms in total. The van der Waals surface area contributed by atoms with Crippen molar-refractivity contribution in [1.29, 1.82) is 0 Å². The minimum Gasteiger partial charge on any atom is -0.506 e. The van der Waals surface area contributed by atoms with Crippen molar-refractivity contribution in [3.05, 3.63) is 24.3 Å². The first kappa shape index (κ1) is 13.4. The van der Waals surface area contributed by atoms with E-state index < -0.39 is 0 Å². The summed E-state index contributed by atoms with van der Waals surface area (Å²) < 4.78 is 0. The van der Waals surface area contributed by atoms with Gasteiger partial charge in [0, 0.05) is 32.7 Å². The topological polar surface area (TPSA) is 26.7 Å². The van der Waals surface area contributed by atoms with Gasteiger partial charge < -0.3 is 10.0 Å². The van der Waals surface area contributed by atoms with Crippen molar-refractivity contribution in [3.63, 3.8) is 0 Å². The second-order valence-corrected chi connectivity index (χ2v) is 7.12. The van der Waals surface area contributed by atoms with Gasteiger partial charge in [0.05, 0.1) is 5.69 Å². The summed E-state index contributed by atoms with van der Waals surface area (Å²) >= 11 is 0. The predicted octanol–water partition coefficient (Wildman–Crippen LogP) is 2.95. The third-order valence-electron chi connectivity index (χ3n) is 6.08. The summed E-state index contributed by atoms with van der Waals surface area (Å²) in [5, 5.41) is 9.97. The van der Waals surface area contributed by atoms with Gasteiger partial charge in [0.1, 0.15) is 5.75 Å². The van der Waals surface area contributed by atoms with Gasteiger partial charge in [0.25, 0.3) is 0 Å². The van der Waals surface area contributed by atoms with E-state index in [2.05, 4.69) is 9.80 Å². The molecule has 114 valence electrons. The van der Waals surface area contributed by atoms with E-state index in [0.29, 0.717) is 5.75 Å². The zero-order valence-electron chi connectivity index (χ0n) is 12.7. The summed E-state index contributed by atoms with van der Waals surface area (Å²) in [6.45, 7) is 5.68. The van der Waals surface area contributed by atoms with E-state index in [4.69, 9.17) is 0 Å². The lowest BCUT2D eigenvalue weighted by Gasteiger charge is -2.40. The Bertz CT molecular complexity index is 496. The maximum atomic E-state index is 9.97. The molecule has 1 saturated heterocycles. The third kappa shape index (κ3) is 2.52. The van der Waals surface area contributed by atoms with Crippen LogP contribution in [0.25, 0.3) is 0 Å². The minimum atomic E-state index is 0.416. The molecular weight excluding hydrogens is 260 g/mol. The Morgan fingerprint density at radius 2 is 1.71 bits per heavy atom. The Balaban J connectivity index is 1.32. The minimum absolute atomic E-state index is 0.416. The van der Waals surface area contributed by atoms with Gasteiger partial charge in [-0.1, -0.05) is 12.1 Å². The van der Waals surface area contributed by atoms with Gasteiger partial charge in [0.2, 0.25) is 0 Å². The van der Waals surface area contributed by atoms with E-state index in [1.165, 1.54) is 32.2 Å². The van der Waals surface area contributed by atoms with Gasteiger partial charge in [-0.2, -0.15) is 0 Å². The number of phenols is 1. The highest BCUT2D eigenvalue weighted by molar-refractivity contribution is 5.57. The highest BCUT2D eigenvalue weighted by Crippen LogP contribution is 2.50. The van der Waals surface area contributed by atoms with E-state index in [9.17, 15) is 5.11 Å². The molecule has 3 aliphatic rings. The molecule has 0 aromatic heterocycles. The molecule has 0 amide bonds. The highest BCUT2D eigenvalue weighted by atomic mass is 16.3. The van der Waals surface area contributed by atoms with Gasteiger partial charge in [-0.15, -0.1) is 0 Å². The van der Waals surface area contributed by atoms with Crippen molar-refractivity contribution in [1.82, 2.24) is 4.90 Å². The van der Waals surface area contributed by atoms with Crippen molar-refractivity contribution >= 4 is 5.69 Å². The average Bonchev–Trinajstić information content (AvgIpc) is 2.74. The largest absolute Gasteiger partial charge is 0.506 e. The molecule has 21 heavy (non-hydrogen) atoms. The number of aromatic hydroxyl groups is 1. The number of rotatable bonds is 3. The number of phenolic OH excluding ortho intramolecular Hbond substituents is 1. The average molecular weight is 286 g/mol. The molecule has 3 fully saturated rings. The zero-order valence-corrected chi connectivity index (χ0v) is 12.7. The van der Waals surface area contributed by atoms with Crippen molar-refractivity contribution < 1.29 is 5.11 Å². The van der Waals surface area contributed by atoms with Crippen LogP contribution in [0.2, 0.25) is 0 Å². The quantitative estimate of drug-likeness (QED) is 0.925. The van der Waals surface area contributed by atoms with Crippen LogP contribution < -0.4 is 4.90 Å². The first-order valence-electron chi connectivity index (χ1n) is 8.56. The molecule has 0 bridgehead atoms. The fourth-order valence-corrected chi connectivity index (χ4v) is 4.68. The summed E-state index contributed by atoms with van der Waals surface area (Å²) in [5.74, 6) is 3.53. The van der Waals surface area contributed by atoms with E-state index in [1.54, 1.807) is 6.07 Å². The molecular formula is C18H26N2O. The zero-order chi connectivity index (χ0) is 14.2. The SMILES string of the molecule is Oc1ccccc1N1CCN(C[C@@H]2CC[C@H]3CC[C@H]32)CC1. The van der Waals surface area contributed by atoms with Crippen LogP contribution in [0, 0.1) is 17.8 Å². The number of para-hydroxylation sites is 2. The standard InChI is InChI=1S/C18H26N2O/c21-18-4-2-1-3-17(18)20-11-9-19(10-12-20)13-15-6-5-14-7-8-16(14)15/h1-4,14-16,21H,5-13H2/t14-,15-,16+/m0/s1. The fraction of sp³-hybridized carbons (Fsp3) is 0.667. The molecule has 1 aromatic carbocycles. The number of piperazine rings is 1. The van der Waals surface area contributed by atoms with Crippen LogP contribution in [-0.4, -0.2) is 42.7 Å². The lowest BCUT2D eigenvalue weighted by atomic mass is 9.72. The van der Waals surface area contributed by atoms with Crippen LogP contribution in [0.3, 0.4) is 0 Å². The van der Waals surface area contributed by atoms with E-state index >= 15 is 0 Å². The molecule has 3 atom stereocenters. The summed E-state index contributed by atoms with van der Waals surface area (Å²) in [6, 6.07) is 7.72. The second kappa shape index (κ2) is 5.53. The molecule has 1 N–H and O–H groups in total. The van der Waals surface area contributed by atoms with Crippen LogP contribution in [0.1, 0.15) is 25.7 Å². The molecule has 0 unspecified atom stereocenters. The summed E-state index contributed by atoms with van der Waals surface area (Å²) in [6.07, 6.45) is 5.96. The highest BCUT2D eigenvalue weighted by Gasteiger charge is 2.42. The molecule has 2 aliphatic carbocycles. The van der Waals surface area contributed by atoms with Gasteiger partial charge in [-0.25, -0.2) is 0 Å². The van der Waals surface area contributed by atoms with E-state index in [-0.39, 0.29) is 0 Å². The Labute approximate surface area is 127 Å². The number of fused-ring (bicyclic) bond motifs is 1.